The average molecular weight is 620 g/mol. The number of aromatic nitrogens is 1. The quantitative estimate of drug-likeness (QED) is 0.202. The van der Waals surface area contributed by atoms with Gasteiger partial charge in [0.15, 0.2) is 4.80 Å². The maximum Gasteiger partial charge on any atom is 0.338 e. The topological polar surface area (TPSA) is 83.0 Å². The van der Waals surface area contributed by atoms with Crippen molar-refractivity contribution in [2.24, 2.45) is 4.99 Å². The van der Waals surface area contributed by atoms with Crippen LogP contribution in [0.1, 0.15) is 31.2 Å². The van der Waals surface area contributed by atoms with E-state index in [0.717, 1.165) is 10.8 Å². The molecule has 212 valence electrons. The Kier molecular flexibility index (Phi) is 7.53. The van der Waals surface area contributed by atoms with E-state index in [9.17, 15) is 9.59 Å². The lowest BCUT2D eigenvalue weighted by molar-refractivity contribution is -0.139. The molecule has 3 heterocycles. The second-order valence-electron chi connectivity index (χ2n) is 9.51. The van der Waals surface area contributed by atoms with Gasteiger partial charge in [-0.25, -0.2) is 9.79 Å². The Morgan fingerprint density at radius 3 is 2.69 bits per heavy atom. The van der Waals surface area contributed by atoms with Crippen molar-refractivity contribution in [3.8, 4) is 17.1 Å². The number of esters is 1. The maximum atomic E-state index is 14.1. The van der Waals surface area contributed by atoms with Gasteiger partial charge in [-0.2, -0.15) is 0 Å². The summed E-state index contributed by atoms with van der Waals surface area (Å²) in [6.07, 6.45) is 1.66. The molecule has 42 heavy (non-hydrogen) atoms. The molecule has 0 fully saturated rings. The molecule has 10 heteroatoms. The number of benzene rings is 3. The lowest BCUT2D eigenvalue weighted by Gasteiger charge is -2.27. The first-order valence-corrected chi connectivity index (χ1v) is 14.7. The second kappa shape index (κ2) is 11.3. The highest BCUT2D eigenvalue weighted by Crippen LogP contribution is 2.40. The summed E-state index contributed by atoms with van der Waals surface area (Å²) >= 11 is 13.8. The summed E-state index contributed by atoms with van der Waals surface area (Å²) in [6, 6.07) is 19.6. The highest BCUT2D eigenvalue weighted by atomic mass is 35.5. The van der Waals surface area contributed by atoms with Gasteiger partial charge in [-0.05, 0) is 55.0 Å². The van der Waals surface area contributed by atoms with Gasteiger partial charge in [-0.1, -0.05) is 70.9 Å². The number of methoxy groups -OCH3 is 1. The van der Waals surface area contributed by atoms with E-state index < -0.39 is 12.0 Å². The molecule has 7 nitrogen and oxygen atoms in total. The Balaban J connectivity index is 1.57. The lowest BCUT2D eigenvalue weighted by atomic mass is 9.90. The second-order valence-corrected chi connectivity index (χ2v) is 11.3. The summed E-state index contributed by atoms with van der Waals surface area (Å²) in [5, 5.41) is 2.58. The van der Waals surface area contributed by atoms with Crippen molar-refractivity contribution in [2.45, 2.75) is 19.9 Å². The Hall–Kier alpha value is -4.11. The van der Waals surface area contributed by atoms with Gasteiger partial charge in [0.05, 0.1) is 39.6 Å². The number of carbonyl (C=O) groups excluding carboxylic acids is 1. The first-order valence-electron chi connectivity index (χ1n) is 13.1. The van der Waals surface area contributed by atoms with E-state index in [1.807, 2.05) is 42.5 Å². The van der Waals surface area contributed by atoms with Crippen molar-refractivity contribution in [1.29, 1.82) is 0 Å². The molecule has 0 aliphatic carbocycles. The largest absolute Gasteiger partial charge is 0.496 e. The van der Waals surface area contributed by atoms with E-state index >= 15 is 0 Å². The predicted molar refractivity (Wildman–Crippen MR) is 165 cm³/mol. The smallest absolute Gasteiger partial charge is 0.338 e. The van der Waals surface area contributed by atoms with E-state index in [1.54, 1.807) is 51.3 Å². The number of furan rings is 1. The van der Waals surface area contributed by atoms with Crippen LogP contribution in [-0.2, 0) is 9.53 Å². The summed E-state index contributed by atoms with van der Waals surface area (Å²) < 4.78 is 19.2. The Bertz CT molecular complexity index is 2090. The van der Waals surface area contributed by atoms with Gasteiger partial charge < -0.3 is 13.9 Å². The molecule has 6 rings (SSSR count). The van der Waals surface area contributed by atoms with E-state index in [4.69, 9.17) is 37.1 Å². The highest BCUT2D eigenvalue weighted by Gasteiger charge is 2.36. The van der Waals surface area contributed by atoms with Gasteiger partial charge in [-0.3, -0.25) is 9.36 Å². The highest BCUT2D eigenvalue weighted by molar-refractivity contribution is 7.07. The van der Waals surface area contributed by atoms with E-state index in [-0.39, 0.29) is 17.7 Å². The third-order valence-electron chi connectivity index (χ3n) is 7.06. The summed E-state index contributed by atoms with van der Waals surface area (Å²) in [4.78, 5) is 32.7. The molecule has 1 aliphatic heterocycles. The minimum atomic E-state index is -0.832. The van der Waals surface area contributed by atoms with Crippen molar-refractivity contribution in [3.05, 3.63) is 119 Å². The van der Waals surface area contributed by atoms with Crippen molar-refractivity contribution in [1.82, 2.24) is 4.57 Å². The SMILES string of the molecule is CCOC(=O)C1=C(C)N=c2s/c(=C/c3ccc(-c4cccc(Cl)c4Cl)o3)c(=O)n2[C@@H]1c1c(OC)ccc2ccccc12. The van der Waals surface area contributed by atoms with Gasteiger partial charge in [0.25, 0.3) is 5.56 Å². The van der Waals surface area contributed by atoms with Crippen LogP contribution in [0.25, 0.3) is 28.2 Å². The number of nitrogens with zero attached hydrogens (tertiary/aromatic N) is 2. The van der Waals surface area contributed by atoms with Crippen molar-refractivity contribution in [2.75, 3.05) is 13.7 Å². The molecule has 0 spiro atoms. The molecule has 0 radical (unpaired) electrons. The van der Waals surface area contributed by atoms with Crippen LogP contribution in [0.5, 0.6) is 5.75 Å². The average Bonchev–Trinajstić information content (AvgIpc) is 3.57. The number of allylic oxidation sites excluding steroid dienone is 1. The Labute approximate surface area is 254 Å². The summed E-state index contributed by atoms with van der Waals surface area (Å²) in [5.41, 5.74) is 1.74. The molecule has 0 amide bonds. The van der Waals surface area contributed by atoms with Gasteiger partial charge in [0.2, 0.25) is 0 Å². The first kappa shape index (κ1) is 28.0. The minimum absolute atomic E-state index is 0.177. The number of carbonyl (C=O) groups is 1. The number of fused-ring (bicyclic) bond motifs is 2. The summed E-state index contributed by atoms with van der Waals surface area (Å²) in [5.74, 6) is 0.966. The van der Waals surface area contributed by atoms with E-state index in [2.05, 4.69) is 4.99 Å². The Morgan fingerprint density at radius 1 is 1.10 bits per heavy atom. The fourth-order valence-corrected chi connectivity index (χ4v) is 6.62. The zero-order valence-corrected chi connectivity index (χ0v) is 25.1. The molecular formula is C32H24Cl2N2O5S. The molecule has 0 unspecified atom stereocenters. The van der Waals surface area contributed by atoms with Crippen LogP contribution in [-0.4, -0.2) is 24.3 Å². The van der Waals surface area contributed by atoms with E-state index in [1.165, 1.54) is 15.9 Å². The normalized spacial score (nSPS) is 15.1. The fraction of sp³-hybridized carbons (Fsp3) is 0.156. The van der Waals surface area contributed by atoms with Crippen LogP contribution >= 0.6 is 34.5 Å². The molecule has 0 saturated carbocycles. The van der Waals surface area contributed by atoms with Crippen LogP contribution in [0.15, 0.2) is 92.2 Å². The van der Waals surface area contributed by atoms with Crippen molar-refractivity contribution >= 4 is 57.4 Å². The third kappa shape index (κ3) is 4.75. The zero-order chi connectivity index (χ0) is 29.5. The van der Waals surface area contributed by atoms with Gasteiger partial charge in [0, 0.05) is 17.2 Å². The number of hydrogen-bond donors (Lipinski definition) is 0. The fourth-order valence-electron chi connectivity index (χ4n) is 5.20. The van der Waals surface area contributed by atoms with Crippen molar-refractivity contribution in [3.63, 3.8) is 0 Å². The molecule has 5 aromatic rings. The van der Waals surface area contributed by atoms with Crippen LogP contribution in [0.3, 0.4) is 0 Å². The molecule has 1 atom stereocenters. The van der Waals surface area contributed by atoms with Gasteiger partial charge in [-0.15, -0.1) is 0 Å². The standard InChI is InChI=1S/C32H24Cl2N2O5S/c1-4-40-31(38)26-17(2)35-32-36(29(26)27-20-9-6-5-8-18(20)12-14-24(27)39-3)30(37)25(42-32)16-19-13-15-23(41-19)21-10-7-11-22(33)28(21)34/h5-16,29H,4H2,1-3H3/b25-16+/t29-/m0/s1. The number of ether oxygens (including phenoxy) is 2. The van der Waals surface area contributed by atoms with Crippen LogP contribution in [0.2, 0.25) is 10.0 Å². The number of hydrogen-bond acceptors (Lipinski definition) is 7. The molecule has 2 aromatic heterocycles. The third-order valence-corrected chi connectivity index (χ3v) is 8.86. The maximum absolute atomic E-state index is 14.1. The molecular weight excluding hydrogens is 595 g/mol. The van der Waals surface area contributed by atoms with Gasteiger partial charge >= 0.3 is 5.97 Å². The van der Waals surface area contributed by atoms with E-state index in [0.29, 0.717) is 53.5 Å². The number of rotatable bonds is 6. The van der Waals surface area contributed by atoms with Crippen LogP contribution in [0.4, 0.5) is 0 Å². The zero-order valence-electron chi connectivity index (χ0n) is 22.8. The summed E-state index contributed by atoms with van der Waals surface area (Å²) in [7, 11) is 1.57. The lowest BCUT2D eigenvalue weighted by Crippen LogP contribution is -2.40. The monoisotopic (exact) mass is 618 g/mol. The van der Waals surface area contributed by atoms with Gasteiger partial charge in [0.1, 0.15) is 23.3 Å². The molecule has 0 saturated heterocycles. The first-order chi connectivity index (χ1) is 20.3. The number of thiazole rings is 1. The molecule has 1 aliphatic rings. The molecule has 3 aromatic carbocycles. The number of halogens is 2. The summed E-state index contributed by atoms with van der Waals surface area (Å²) in [6.45, 7) is 3.67. The Morgan fingerprint density at radius 2 is 1.90 bits per heavy atom. The van der Waals surface area contributed by atoms with Crippen LogP contribution in [0, 0.1) is 0 Å². The van der Waals surface area contributed by atoms with Crippen LogP contribution < -0.4 is 19.6 Å². The molecule has 0 N–H and O–H groups in total. The predicted octanol–water partition coefficient (Wildman–Crippen LogP) is 6.53. The minimum Gasteiger partial charge on any atom is -0.496 e. The molecule has 0 bridgehead atoms. The van der Waals surface area contributed by atoms with Crippen molar-refractivity contribution < 1.29 is 18.7 Å².